The van der Waals surface area contributed by atoms with Crippen LogP contribution in [0.5, 0.6) is 0 Å². The maximum absolute atomic E-state index is 13.7. The summed E-state index contributed by atoms with van der Waals surface area (Å²) in [5, 5.41) is 9.94. The average Bonchev–Trinajstić information content (AvgIpc) is 2.93. The number of nitriles is 1. The minimum Gasteiger partial charge on any atom is -0.382 e. The van der Waals surface area contributed by atoms with Gasteiger partial charge in [0.1, 0.15) is 17.5 Å². The molecule has 0 amide bonds. The van der Waals surface area contributed by atoms with Crippen LogP contribution in [0.25, 0.3) is 27.6 Å². The van der Waals surface area contributed by atoms with E-state index < -0.39 is 0 Å². The Morgan fingerprint density at radius 1 is 1.00 bits per heavy atom. The fourth-order valence-corrected chi connectivity index (χ4v) is 4.34. The molecule has 0 fully saturated rings. The Morgan fingerprint density at radius 3 is 2.38 bits per heavy atom. The summed E-state index contributed by atoms with van der Waals surface area (Å²) < 4.78 is 3.49. The van der Waals surface area contributed by atoms with Crippen molar-refractivity contribution in [2.75, 3.05) is 11.5 Å². The van der Waals surface area contributed by atoms with E-state index >= 15 is 0 Å². The molecule has 196 valence electrons. The molecule has 0 aliphatic heterocycles. The van der Waals surface area contributed by atoms with Gasteiger partial charge in [-0.1, -0.05) is 43.3 Å². The maximum atomic E-state index is 13.7. The standard InChI is InChI=1S/C25H24N2O2.C5H5N5/c1-4-20-15-18-9-8-12-22(19-13-14-23(28)26(16-19)17(2)3)24(18)25(29)27(20)21-10-6-5-7-11-21;6-1-3-2-9-5(8)10-4(3)7/h5-17H,4H2,1-3H3;2H,(H4,7,8,9,10). The first-order valence-corrected chi connectivity index (χ1v) is 12.5. The third kappa shape index (κ3) is 5.55. The number of nitrogens with two attached hydrogens (primary N) is 2. The predicted octanol–water partition coefficient (Wildman–Crippen LogP) is 4.48. The number of pyridine rings is 2. The largest absolute Gasteiger partial charge is 0.382 e. The highest BCUT2D eigenvalue weighted by Crippen LogP contribution is 2.28. The monoisotopic (exact) mass is 519 g/mol. The highest BCUT2D eigenvalue weighted by molar-refractivity contribution is 5.96. The minimum atomic E-state index is -0.0426. The second-order valence-electron chi connectivity index (χ2n) is 9.13. The summed E-state index contributed by atoms with van der Waals surface area (Å²) in [7, 11) is 0. The van der Waals surface area contributed by atoms with Crippen LogP contribution < -0.4 is 22.6 Å². The summed E-state index contributed by atoms with van der Waals surface area (Å²) >= 11 is 0. The van der Waals surface area contributed by atoms with Crippen LogP contribution in [-0.2, 0) is 6.42 Å². The second-order valence-corrected chi connectivity index (χ2v) is 9.13. The second kappa shape index (κ2) is 11.4. The first-order valence-electron chi connectivity index (χ1n) is 12.5. The molecule has 0 aliphatic rings. The fourth-order valence-electron chi connectivity index (χ4n) is 4.34. The predicted molar refractivity (Wildman–Crippen MR) is 155 cm³/mol. The Kier molecular flexibility index (Phi) is 7.87. The molecule has 0 saturated carbocycles. The summed E-state index contributed by atoms with van der Waals surface area (Å²) in [6, 6.07) is 23.0. The third-order valence-electron chi connectivity index (χ3n) is 6.26. The van der Waals surface area contributed by atoms with Gasteiger partial charge in [0.25, 0.3) is 11.1 Å². The number of nitrogen functional groups attached to an aromatic ring is 2. The van der Waals surface area contributed by atoms with Crippen molar-refractivity contribution in [1.29, 1.82) is 5.26 Å². The fraction of sp³-hybridized carbons (Fsp3) is 0.167. The molecule has 5 rings (SSSR count). The van der Waals surface area contributed by atoms with E-state index in [2.05, 4.69) is 23.0 Å². The molecule has 3 heterocycles. The molecule has 0 unspecified atom stereocenters. The van der Waals surface area contributed by atoms with Gasteiger partial charge in [-0.15, -0.1) is 0 Å². The van der Waals surface area contributed by atoms with E-state index in [-0.39, 0.29) is 34.5 Å². The van der Waals surface area contributed by atoms with Crippen molar-refractivity contribution in [2.45, 2.75) is 33.2 Å². The lowest BCUT2D eigenvalue weighted by atomic mass is 9.99. The maximum Gasteiger partial charge on any atom is 0.263 e. The van der Waals surface area contributed by atoms with Crippen molar-refractivity contribution >= 4 is 22.5 Å². The topological polar surface area (TPSA) is 146 Å². The van der Waals surface area contributed by atoms with Crippen LogP contribution in [0.1, 0.15) is 38.1 Å². The van der Waals surface area contributed by atoms with Gasteiger partial charge >= 0.3 is 0 Å². The first kappa shape index (κ1) is 26.8. The first-order chi connectivity index (χ1) is 18.7. The summed E-state index contributed by atoms with van der Waals surface area (Å²) in [5.41, 5.74) is 14.1. The van der Waals surface area contributed by atoms with E-state index in [1.54, 1.807) is 21.3 Å². The van der Waals surface area contributed by atoms with Gasteiger partial charge in [-0.2, -0.15) is 10.2 Å². The number of anilines is 2. The van der Waals surface area contributed by atoms with Gasteiger partial charge < -0.3 is 16.0 Å². The molecule has 3 aromatic heterocycles. The van der Waals surface area contributed by atoms with Crippen molar-refractivity contribution in [3.8, 4) is 22.9 Å². The van der Waals surface area contributed by atoms with Crippen LogP contribution >= 0.6 is 0 Å². The van der Waals surface area contributed by atoms with Crippen molar-refractivity contribution in [2.24, 2.45) is 0 Å². The molecule has 0 atom stereocenters. The Labute approximate surface area is 225 Å². The van der Waals surface area contributed by atoms with E-state index in [0.29, 0.717) is 5.39 Å². The third-order valence-corrected chi connectivity index (χ3v) is 6.26. The number of aromatic nitrogens is 4. The van der Waals surface area contributed by atoms with Crippen LogP contribution in [0, 0.1) is 11.3 Å². The Hall–Kier alpha value is -5.23. The number of hydrogen-bond donors (Lipinski definition) is 2. The minimum absolute atomic E-state index is 0.0385. The number of hydrogen-bond acceptors (Lipinski definition) is 7. The zero-order valence-corrected chi connectivity index (χ0v) is 22.0. The molecular weight excluding hydrogens is 490 g/mol. The quantitative estimate of drug-likeness (QED) is 0.356. The molecule has 5 aromatic rings. The van der Waals surface area contributed by atoms with Gasteiger partial charge in [0.2, 0.25) is 5.95 Å². The van der Waals surface area contributed by atoms with Gasteiger partial charge in [-0.25, -0.2) is 4.98 Å². The Morgan fingerprint density at radius 2 is 1.74 bits per heavy atom. The normalized spacial score (nSPS) is 10.6. The summed E-state index contributed by atoms with van der Waals surface area (Å²) in [6.07, 6.45) is 3.89. The molecule has 9 heteroatoms. The molecule has 4 N–H and O–H groups in total. The van der Waals surface area contributed by atoms with Crippen LogP contribution in [0.3, 0.4) is 0 Å². The van der Waals surface area contributed by atoms with E-state index in [1.807, 2.05) is 74.6 Å². The van der Waals surface area contributed by atoms with Gasteiger partial charge in [0, 0.05) is 29.7 Å². The Balaban J connectivity index is 0.000000298. The van der Waals surface area contributed by atoms with Gasteiger partial charge in [0.15, 0.2) is 0 Å². The van der Waals surface area contributed by atoms with Gasteiger partial charge in [0.05, 0.1) is 11.6 Å². The van der Waals surface area contributed by atoms with Crippen molar-refractivity contribution in [1.82, 2.24) is 19.1 Å². The van der Waals surface area contributed by atoms with Crippen molar-refractivity contribution in [3.63, 3.8) is 0 Å². The van der Waals surface area contributed by atoms with E-state index in [9.17, 15) is 9.59 Å². The summed E-state index contributed by atoms with van der Waals surface area (Å²) in [4.78, 5) is 33.0. The molecule has 0 spiro atoms. The number of benzene rings is 2. The number of rotatable bonds is 4. The SMILES string of the molecule is CCc1cc2cccc(-c3ccc(=O)n(C(C)C)c3)c2c(=O)n1-c1ccccc1.N#Cc1cnc(N)nc1N. The van der Waals surface area contributed by atoms with Crippen molar-refractivity contribution in [3.05, 3.63) is 111 Å². The lowest BCUT2D eigenvalue weighted by Crippen LogP contribution is -2.23. The van der Waals surface area contributed by atoms with E-state index in [4.69, 9.17) is 16.7 Å². The average molecular weight is 520 g/mol. The molecule has 39 heavy (non-hydrogen) atoms. The molecule has 0 bridgehead atoms. The molecule has 9 nitrogen and oxygen atoms in total. The number of aryl methyl sites for hydroxylation is 1. The smallest absolute Gasteiger partial charge is 0.263 e. The Bertz CT molecular complexity index is 1800. The van der Waals surface area contributed by atoms with Gasteiger partial charge in [-0.3, -0.25) is 14.2 Å². The van der Waals surface area contributed by atoms with E-state index in [0.717, 1.165) is 34.3 Å². The highest BCUT2D eigenvalue weighted by atomic mass is 16.1. The van der Waals surface area contributed by atoms with Crippen LogP contribution in [-0.4, -0.2) is 19.1 Å². The van der Waals surface area contributed by atoms with Gasteiger partial charge in [-0.05, 0) is 61.0 Å². The molecule has 0 aliphatic carbocycles. The number of nitrogens with zero attached hydrogens (tertiary/aromatic N) is 5. The molecular formula is C30H29N7O2. The lowest BCUT2D eigenvalue weighted by molar-refractivity contribution is 0.579. The molecule has 2 aromatic carbocycles. The number of para-hydroxylation sites is 1. The number of fused-ring (bicyclic) bond motifs is 1. The molecule has 0 radical (unpaired) electrons. The highest BCUT2D eigenvalue weighted by Gasteiger charge is 2.15. The summed E-state index contributed by atoms with van der Waals surface area (Å²) in [6.45, 7) is 6.01. The summed E-state index contributed by atoms with van der Waals surface area (Å²) in [5.74, 6) is 0.200. The van der Waals surface area contributed by atoms with Crippen molar-refractivity contribution < 1.29 is 0 Å². The zero-order valence-electron chi connectivity index (χ0n) is 22.0. The lowest BCUT2D eigenvalue weighted by Gasteiger charge is -2.16. The molecule has 0 saturated heterocycles. The van der Waals surface area contributed by atoms with Crippen LogP contribution in [0.2, 0.25) is 0 Å². The van der Waals surface area contributed by atoms with Crippen LogP contribution in [0.4, 0.5) is 11.8 Å². The van der Waals surface area contributed by atoms with E-state index in [1.165, 1.54) is 6.20 Å². The zero-order chi connectivity index (χ0) is 28.1. The van der Waals surface area contributed by atoms with Crippen LogP contribution in [0.15, 0.2) is 88.7 Å².